The SMILES string of the molecule is C[C@H]1CN(Cc2ccccc2)C[C@@]1(CC(=O)OC(C)(C)C)C(=O)O. The summed E-state index contributed by atoms with van der Waals surface area (Å²) in [7, 11) is 0. The van der Waals surface area contributed by atoms with Gasteiger partial charge < -0.3 is 9.84 Å². The molecule has 1 aromatic rings. The maximum absolute atomic E-state index is 12.2. The Morgan fingerprint density at radius 1 is 1.29 bits per heavy atom. The largest absolute Gasteiger partial charge is 0.481 e. The molecule has 1 aromatic carbocycles. The second-order valence-electron chi connectivity index (χ2n) is 7.78. The van der Waals surface area contributed by atoms with Gasteiger partial charge in [0.25, 0.3) is 0 Å². The van der Waals surface area contributed by atoms with Crippen LogP contribution in [-0.4, -0.2) is 40.6 Å². The zero-order chi connectivity index (χ0) is 18.0. The third-order valence-electron chi connectivity index (χ3n) is 4.54. The van der Waals surface area contributed by atoms with Gasteiger partial charge in [-0.2, -0.15) is 0 Å². The van der Waals surface area contributed by atoms with E-state index in [0.29, 0.717) is 19.6 Å². The molecule has 0 radical (unpaired) electrons. The molecule has 2 rings (SSSR count). The minimum atomic E-state index is -1.09. The van der Waals surface area contributed by atoms with Crippen molar-refractivity contribution in [1.82, 2.24) is 4.90 Å². The van der Waals surface area contributed by atoms with Crippen molar-refractivity contribution in [3.63, 3.8) is 0 Å². The average molecular weight is 333 g/mol. The van der Waals surface area contributed by atoms with Gasteiger partial charge in [-0.1, -0.05) is 37.3 Å². The number of hydrogen-bond acceptors (Lipinski definition) is 4. The molecule has 0 aliphatic carbocycles. The van der Waals surface area contributed by atoms with Crippen molar-refractivity contribution < 1.29 is 19.4 Å². The van der Waals surface area contributed by atoms with Crippen LogP contribution < -0.4 is 0 Å². The highest BCUT2D eigenvalue weighted by molar-refractivity contribution is 5.83. The van der Waals surface area contributed by atoms with E-state index in [4.69, 9.17) is 4.74 Å². The summed E-state index contributed by atoms with van der Waals surface area (Å²) in [5, 5.41) is 9.83. The standard InChI is InChI=1S/C19H27NO4/c1-14-11-20(12-15-8-6-5-7-9-15)13-19(14,17(22)23)10-16(21)24-18(2,3)4/h5-9,14H,10-13H2,1-4H3,(H,22,23)/t14-,19+/m0/s1. The van der Waals surface area contributed by atoms with Crippen LogP contribution in [0.15, 0.2) is 30.3 Å². The van der Waals surface area contributed by atoms with Crippen molar-refractivity contribution in [2.45, 2.75) is 46.3 Å². The van der Waals surface area contributed by atoms with Gasteiger partial charge in [0.15, 0.2) is 0 Å². The molecule has 1 heterocycles. The predicted octanol–water partition coefficient (Wildman–Crippen LogP) is 2.94. The van der Waals surface area contributed by atoms with Gasteiger partial charge in [-0.25, -0.2) is 0 Å². The zero-order valence-electron chi connectivity index (χ0n) is 14.9. The number of nitrogens with zero attached hydrogens (tertiary/aromatic N) is 1. The van der Waals surface area contributed by atoms with Gasteiger partial charge >= 0.3 is 11.9 Å². The molecule has 132 valence electrons. The van der Waals surface area contributed by atoms with Crippen molar-refractivity contribution in [2.24, 2.45) is 11.3 Å². The summed E-state index contributed by atoms with van der Waals surface area (Å²) >= 11 is 0. The predicted molar refractivity (Wildman–Crippen MR) is 91.4 cm³/mol. The number of hydrogen-bond donors (Lipinski definition) is 1. The summed E-state index contributed by atoms with van der Waals surface area (Å²) < 4.78 is 5.36. The molecule has 2 atom stereocenters. The molecule has 1 aliphatic rings. The molecule has 24 heavy (non-hydrogen) atoms. The molecule has 1 aliphatic heterocycles. The van der Waals surface area contributed by atoms with Gasteiger partial charge in [-0.05, 0) is 32.3 Å². The molecule has 1 saturated heterocycles. The van der Waals surface area contributed by atoms with Gasteiger partial charge in [-0.3, -0.25) is 14.5 Å². The fourth-order valence-corrected chi connectivity index (χ4v) is 3.36. The second kappa shape index (κ2) is 6.93. The Kier molecular flexibility index (Phi) is 5.33. The highest BCUT2D eigenvalue weighted by Gasteiger charge is 2.52. The Morgan fingerprint density at radius 3 is 2.46 bits per heavy atom. The summed E-state index contributed by atoms with van der Waals surface area (Å²) in [6.07, 6.45) is -0.0912. The monoisotopic (exact) mass is 333 g/mol. The maximum atomic E-state index is 12.2. The molecule has 5 nitrogen and oxygen atoms in total. The molecular formula is C19H27NO4. The van der Waals surface area contributed by atoms with Crippen LogP contribution in [0.25, 0.3) is 0 Å². The minimum absolute atomic E-state index is 0.0912. The summed E-state index contributed by atoms with van der Waals surface area (Å²) in [4.78, 5) is 26.3. The first kappa shape index (κ1) is 18.5. The molecule has 0 aromatic heterocycles. The van der Waals surface area contributed by atoms with Gasteiger partial charge in [0.05, 0.1) is 11.8 Å². The van der Waals surface area contributed by atoms with Crippen molar-refractivity contribution in [3.8, 4) is 0 Å². The summed E-state index contributed by atoms with van der Waals surface area (Å²) in [6, 6.07) is 9.96. The highest BCUT2D eigenvalue weighted by Crippen LogP contribution is 2.40. The summed E-state index contributed by atoms with van der Waals surface area (Å²) in [6.45, 7) is 8.98. The molecular weight excluding hydrogens is 306 g/mol. The van der Waals surface area contributed by atoms with Gasteiger partial charge in [-0.15, -0.1) is 0 Å². The van der Waals surface area contributed by atoms with E-state index in [-0.39, 0.29) is 12.3 Å². The van der Waals surface area contributed by atoms with Crippen LogP contribution >= 0.6 is 0 Å². The number of carboxylic acid groups (broad SMARTS) is 1. The topological polar surface area (TPSA) is 66.8 Å². The van der Waals surface area contributed by atoms with Crippen LogP contribution in [0.5, 0.6) is 0 Å². The smallest absolute Gasteiger partial charge is 0.311 e. The Morgan fingerprint density at radius 2 is 1.92 bits per heavy atom. The lowest BCUT2D eigenvalue weighted by Crippen LogP contribution is -2.41. The van der Waals surface area contributed by atoms with E-state index in [1.165, 1.54) is 0 Å². The molecule has 5 heteroatoms. The van der Waals surface area contributed by atoms with E-state index in [1.807, 2.05) is 37.3 Å². The summed E-state index contributed by atoms with van der Waals surface area (Å²) in [5.41, 5.74) is -0.553. The van der Waals surface area contributed by atoms with Crippen LogP contribution in [0.2, 0.25) is 0 Å². The van der Waals surface area contributed by atoms with Gasteiger partial charge in [0, 0.05) is 19.6 Å². The van der Waals surface area contributed by atoms with Crippen LogP contribution in [0.3, 0.4) is 0 Å². The van der Waals surface area contributed by atoms with E-state index in [0.717, 1.165) is 5.56 Å². The Bertz CT molecular complexity index is 593. The van der Waals surface area contributed by atoms with Crippen LogP contribution in [0.1, 0.15) is 39.7 Å². The lowest BCUT2D eigenvalue weighted by Gasteiger charge is -2.29. The van der Waals surface area contributed by atoms with E-state index in [2.05, 4.69) is 4.90 Å². The van der Waals surface area contributed by atoms with Crippen molar-refractivity contribution in [1.29, 1.82) is 0 Å². The first-order chi connectivity index (χ1) is 11.1. The summed E-state index contributed by atoms with van der Waals surface area (Å²) in [5.74, 6) is -1.49. The maximum Gasteiger partial charge on any atom is 0.311 e. The number of rotatable bonds is 5. The number of esters is 1. The number of carbonyl (C=O) groups excluding carboxylic acids is 1. The van der Waals surface area contributed by atoms with E-state index in [9.17, 15) is 14.7 Å². The Balaban J connectivity index is 2.11. The number of ether oxygens (including phenoxy) is 1. The lowest BCUT2D eigenvalue weighted by molar-refractivity contribution is -0.166. The fourth-order valence-electron chi connectivity index (χ4n) is 3.36. The quantitative estimate of drug-likeness (QED) is 0.839. The number of carboxylic acids is 1. The minimum Gasteiger partial charge on any atom is -0.481 e. The number of likely N-dealkylation sites (tertiary alicyclic amines) is 1. The third-order valence-corrected chi connectivity index (χ3v) is 4.54. The highest BCUT2D eigenvalue weighted by atomic mass is 16.6. The molecule has 0 spiro atoms. The number of benzene rings is 1. The average Bonchev–Trinajstić information content (AvgIpc) is 2.74. The molecule has 0 amide bonds. The van der Waals surface area contributed by atoms with Gasteiger partial charge in [0.2, 0.25) is 0 Å². The van der Waals surface area contributed by atoms with Crippen LogP contribution in [0.4, 0.5) is 0 Å². The first-order valence-electron chi connectivity index (χ1n) is 8.34. The van der Waals surface area contributed by atoms with Crippen molar-refractivity contribution in [2.75, 3.05) is 13.1 Å². The number of carbonyl (C=O) groups is 2. The normalized spacial score (nSPS) is 24.8. The van der Waals surface area contributed by atoms with E-state index < -0.39 is 23.0 Å². The third kappa shape index (κ3) is 4.35. The van der Waals surface area contributed by atoms with E-state index in [1.54, 1.807) is 20.8 Å². The first-order valence-corrected chi connectivity index (χ1v) is 8.34. The number of aliphatic carboxylic acids is 1. The molecule has 1 fully saturated rings. The van der Waals surface area contributed by atoms with Crippen molar-refractivity contribution >= 4 is 11.9 Å². The van der Waals surface area contributed by atoms with Gasteiger partial charge in [0.1, 0.15) is 5.60 Å². The lowest BCUT2D eigenvalue weighted by atomic mass is 9.76. The van der Waals surface area contributed by atoms with E-state index >= 15 is 0 Å². The Labute approximate surface area is 143 Å². The molecule has 0 bridgehead atoms. The fraction of sp³-hybridized carbons (Fsp3) is 0.579. The molecule has 1 N–H and O–H groups in total. The van der Waals surface area contributed by atoms with Crippen LogP contribution in [0, 0.1) is 11.3 Å². The van der Waals surface area contributed by atoms with Crippen molar-refractivity contribution in [3.05, 3.63) is 35.9 Å². The molecule has 0 saturated carbocycles. The zero-order valence-corrected chi connectivity index (χ0v) is 14.9. The second-order valence-corrected chi connectivity index (χ2v) is 7.78. The van der Waals surface area contributed by atoms with Crippen LogP contribution in [-0.2, 0) is 20.9 Å². The Hall–Kier alpha value is -1.88. The molecule has 0 unspecified atom stereocenters.